The molecular weight excluding hydrogens is 214 g/mol. The van der Waals surface area contributed by atoms with E-state index in [-0.39, 0.29) is 5.91 Å². The van der Waals surface area contributed by atoms with Gasteiger partial charge in [0, 0.05) is 13.1 Å². The predicted octanol–water partition coefficient (Wildman–Crippen LogP) is 1.14. The van der Waals surface area contributed by atoms with E-state index in [1.54, 1.807) is 0 Å². The van der Waals surface area contributed by atoms with E-state index in [0.29, 0.717) is 5.92 Å². The summed E-state index contributed by atoms with van der Waals surface area (Å²) in [6.07, 6.45) is 5.04. The molecule has 2 aliphatic rings. The van der Waals surface area contributed by atoms with Crippen LogP contribution in [0.2, 0.25) is 0 Å². The largest absolute Gasteiger partial charge is 0.355 e. The molecule has 94 valence electrons. The highest BCUT2D eigenvalue weighted by molar-refractivity contribution is 5.88. The molecule has 0 aromatic heterocycles. The zero-order chi connectivity index (χ0) is 12.3. The summed E-state index contributed by atoms with van der Waals surface area (Å²) in [4.78, 5) is 14.1. The number of carbonyl (C=O) groups is 1. The van der Waals surface area contributed by atoms with Gasteiger partial charge in [-0.05, 0) is 51.6 Å². The Labute approximate surface area is 103 Å². The van der Waals surface area contributed by atoms with Crippen LogP contribution in [0.25, 0.3) is 0 Å². The maximum Gasteiger partial charge on any atom is 0.240 e. The highest BCUT2D eigenvalue weighted by atomic mass is 16.2. The molecule has 0 bridgehead atoms. The average Bonchev–Trinajstić information content (AvgIpc) is 3.10. The zero-order valence-corrected chi connectivity index (χ0v) is 10.5. The number of likely N-dealkylation sites (tertiary alicyclic amines) is 1. The fourth-order valence-corrected chi connectivity index (χ4v) is 2.58. The van der Waals surface area contributed by atoms with Gasteiger partial charge >= 0.3 is 0 Å². The summed E-state index contributed by atoms with van der Waals surface area (Å²) in [7, 11) is 2.15. The number of nitrogens with one attached hydrogen (secondary N) is 1. The molecular formula is C13H21N3O. The minimum absolute atomic E-state index is 0.0517. The molecule has 0 spiro atoms. The van der Waals surface area contributed by atoms with Crippen molar-refractivity contribution < 1.29 is 4.79 Å². The van der Waals surface area contributed by atoms with Crippen LogP contribution in [0.3, 0.4) is 0 Å². The van der Waals surface area contributed by atoms with Crippen LogP contribution in [0.4, 0.5) is 0 Å². The van der Waals surface area contributed by atoms with E-state index >= 15 is 0 Å². The van der Waals surface area contributed by atoms with Crippen molar-refractivity contribution in [2.75, 3.05) is 26.7 Å². The lowest BCUT2D eigenvalue weighted by molar-refractivity contribution is -0.124. The third-order valence-electron chi connectivity index (χ3n) is 3.96. The van der Waals surface area contributed by atoms with E-state index in [4.69, 9.17) is 5.26 Å². The van der Waals surface area contributed by atoms with Gasteiger partial charge in [-0.3, -0.25) is 4.79 Å². The first-order chi connectivity index (χ1) is 8.16. The average molecular weight is 235 g/mol. The van der Waals surface area contributed by atoms with E-state index in [1.165, 1.54) is 19.4 Å². The van der Waals surface area contributed by atoms with Crippen LogP contribution in [-0.4, -0.2) is 37.5 Å². The highest BCUT2D eigenvalue weighted by Gasteiger charge is 2.50. The molecule has 1 aliphatic heterocycles. The molecule has 2 fully saturated rings. The normalized spacial score (nSPS) is 27.2. The predicted molar refractivity (Wildman–Crippen MR) is 65.1 cm³/mol. The van der Waals surface area contributed by atoms with Crippen molar-refractivity contribution in [1.29, 1.82) is 5.26 Å². The van der Waals surface area contributed by atoms with Gasteiger partial charge < -0.3 is 10.2 Å². The number of piperidine rings is 1. The van der Waals surface area contributed by atoms with Crippen molar-refractivity contribution in [3.8, 4) is 6.07 Å². The van der Waals surface area contributed by atoms with Crippen LogP contribution in [0.5, 0.6) is 0 Å². The Kier molecular flexibility index (Phi) is 3.68. The molecule has 0 aromatic carbocycles. The lowest BCUT2D eigenvalue weighted by atomic mass is 9.95. The van der Waals surface area contributed by atoms with Gasteiger partial charge in [-0.1, -0.05) is 0 Å². The van der Waals surface area contributed by atoms with Gasteiger partial charge in [0.1, 0.15) is 5.41 Å². The summed E-state index contributed by atoms with van der Waals surface area (Å²) in [6.45, 7) is 3.06. The number of carbonyl (C=O) groups excluding carboxylic acids is 1. The summed E-state index contributed by atoms with van der Waals surface area (Å²) in [5, 5.41) is 11.8. The third kappa shape index (κ3) is 2.98. The first-order valence-electron chi connectivity index (χ1n) is 6.54. The van der Waals surface area contributed by atoms with Crippen molar-refractivity contribution in [3.63, 3.8) is 0 Å². The van der Waals surface area contributed by atoms with Gasteiger partial charge in [0.25, 0.3) is 0 Å². The summed E-state index contributed by atoms with van der Waals surface area (Å²) >= 11 is 0. The number of hydrogen-bond donors (Lipinski definition) is 1. The minimum atomic E-state index is -0.663. The smallest absolute Gasteiger partial charge is 0.240 e. The van der Waals surface area contributed by atoms with E-state index in [2.05, 4.69) is 23.3 Å². The molecule has 0 aromatic rings. The van der Waals surface area contributed by atoms with Crippen LogP contribution in [0, 0.1) is 22.7 Å². The molecule has 0 radical (unpaired) electrons. The Morgan fingerprint density at radius 1 is 1.59 bits per heavy atom. The summed E-state index contributed by atoms with van der Waals surface area (Å²) in [5.74, 6) is 0.649. The second-order valence-electron chi connectivity index (χ2n) is 5.51. The van der Waals surface area contributed by atoms with Gasteiger partial charge in [0.2, 0.25) is 5.91 Å². The minimum Gasteiger partial charge on any atom is -0.355 e. The van der Waals surface area contributed by atoms with Crippen LogP contribution < -0.4 is 5.32 Å². The molecule has 17 heavy (non-hydrogen) atoms. The molecule has 1 heterocycles. The van der Waals surface area contributed by atoms with Gasteiger partial charge in [-0.2, -0.15) is 5.26 Å². The van der Waals surface area contributed by atoms with Gasteiger partial charge in [-0.15, -0.1) is 0 Å². The Hall–Kier alpha value is -1.08. The van der Waals surface area contributed by atoms with E-state index in [1.807, 2.05) is 0 Å². The number of amides is 1. The lowest BCUT2D eigenvalue weighted by Gasteiger charge is -2.29. The Morgan fingerprint density at radius 3 is 2.94 bits per heavy atom. The van der Waals surface area contributed by atoms with Crippen LogP contribution in [0.1, 0.15) is 32.1 Å². The van der Waals surface area contributed by atoms with E-state index in [0.717, 1.165) is 32.4 Å². The maximum atomic E-state index is 11.7. The van der Waals surface area contributed by atoms with Gasteiger partial charge in [-0.25, -0.2) is 0 Å². The molecule has 1 N–H and O–H groups in total. The number of hydrogen-bond acceptors (Lipinski definition) is 3. The van der Waals surface area contributed by atoms with Crippen molar-refractivity contribution in [1.82, 2.24) is 10.2 Å². The maximum absolute atomic E-state index is 11.7. The second-order valence-corrected chi connectivity index (χ2v) is 5.51. The molecule has 1 saturated heterocycles. The van der Waals surface area contributed by atoms with Crippen LogP contribution >= 0.6 is 0 Å². The van der Waals surface area contributed by atoms with E-state index in [9.17, 15) is 4.79 Å². The topological polar surface area (TPSA) is 56.1 Å². The van der Waals surface area contributed by atoms with Crippen molar-refractivity contribution in [2.45, 2.75) is 32.1 Å². The molecule has 1 saturated carbocycles. The molecule has 1 aliphatic carbocycles. The molecule has 1 amide bonds. The first-order valence-corrected chi connectivity index (χ1v) is 6.54. The molecule has 1 atom stereocenters. The SMILES string of the molecule is CN1CCCC(CCNC(=O)C2(C#N)CC2)C1. The van der Waals surface area contributed by atoms with Gasteiger partial charge in [0.05, 0.1) is 6.07 Å². The lowest BCUT2D eigenvalue weighted by Crippen LogP contribution is -2.36. The standard InChI is InChI=1S/C13H21N3O/c1-16-8-2-3-11(9-16)4-7-15-12(17)13(10-14)5-6-13/h11H,2-9H2,1H3,(H,15,17). The third-order valence-corrected chi connectivity index (χ3v) is 3.96. The Bertz CT molecular complexity index is 330. The number of nitriles is 1. The first kappa shape index (κ1) is 12.4. The quantitative estimate of drug-likeness (QED) is 0.795. The number of nitrogens with zero attached hydrogens (tertiary/aromatic N) is 2. The van der Waals surface area contributed by atoms with Gasteiger partial charge in [0.15, 0.2) is 0 Å². The summed E-state index contributed by atoms with van der Waals surface area (Å²) < 4.78 is 0. The van der Waals surface area contributed by atoms with Crippen molar-refractivity contribution in [3.05, 3.63) is 0 Å². The van der Waals surface area contributed by atoms with E-state index < -0.39 is 5.41 Å². The van der Waals surface area contributed by atoms with Crippen molar-refractivity contribution >= 4 is 5.91 Å². The summed E-state index contributed by atoms with van der Waals surface area (Å²) in [5.41, 5.74) is -0.663. The zero-order valence-electron chi connectivity index (χ0n) is 10.5. The van der Waals surface area contributed by atoms with Crippen LogP contribution in [0.15, 0.2) is 0 Å². The van der Waals surface area contributed by atoms with Crippen molar-refractivity contribution in [2.24, 2.45) is 11.3 Å². The Balaban J connectivity index is 1.66. The van der Waals surface area contributed by atoms with Crippen LogP contribution in [-0.2, 0) is 4.79 Å². The second kappa shape index (κ2) is 5.05. The molecule has 1 unspecified atom stereocenters. The fourth-order valence-electron chi connectivity index (χ4n) is 2.58. The monoisotopic (exact) mass is 235 g/mol. The fraction of sp³-hybridized carbons (Fsp3) is 0.846. The summed E-state index contributed by atoms with van der Waals surface area (Å²) in [6, 6.07) is 2.13. The number of rotatable bonds is 4. The molecule has 2 rings (SSSR count). The Morgan fingerprint density at radius 2 is 2.35 bits per heavy atom. The highest BCUT2D eigenvalue weighted by Crippen LogP contribution is 2.44. The molecule has 4 nitrogen and oxygen atoms in total. The molecule has 4 heteroatoms.